The van der Waals surface area contributed by atoms with Gasteiger partial charge in [-0.3, -0.25) is 9.59 Å². The van der Waals surface area contributed by atoms with Gasteiger partial charge in [0.25, 0.3) is 0 Å². The number of benzene rings is 1. The summed E-state index contributed by atoms with van der Waals surface area (Å²) in [6, 6.07) is 9.09. The standard InChI is InChI=1S/C17H17NO4/c19-16(20)14-11-7-9-13(15(14)17(21)22)18-12(11)8-6-10-4-2-1-3-5-10/h1-9,11-15,18H,(H,19,20)(H,21,22)/b8-6+. The average molecular weight is 299 g/mol. The molecule has 5 heteroatoms. The average Bonchev–Trinajstić information content (AvgIpc) is 2.53. The minimum absolute atomic E-state index is 0.174. The quantitative estimate of drug-likeness (QED) is 0.736. The summed E-state index contributed by atoms with van der Waals surface area (Å²) >= 11 is 0. The van der Waals surface area contributed by atoms with Crippen molar-refractivity contribution in [2.24, 2.45) is 17.8 Å². The van der Waals surface area contributed by atoms with E-state index in [2.05, 4.69) is 5.32 Å². The second kappa shape index (κ2) is 5.77. The second-order valence-electron chi connectivity index (χ2n) is 5.68. The molecule has 114 valence electrons. The van der Waals surface area contributed by atoms with Gasteiger partial charge in [-0.2, -0.15) is 0 Å². The summed E-state index contributed by atoms with van der Waals surface area (Å²) in [5, 5.41) is 22.0. The van der Waals surface area contributed by atoms with Crippen LogP contribution in [0.5, 0.6) is 0 Å². The molecule has 1 aromatic carbocycles. The number of rotatable bonds is 4. The molecule has 0 spiro atoms. The van der Waals surface area contributed by atoms with Crippen LogP contribution in [0.25, 0.3) is 6.08 Å². The lowest BCUT2D eigenvalue weighted by Crippen LogP contribution is -2.61. The van der Waals surface area contributed by atoms with Crippen molar-refractivity contribution in [3.63, 3.8) is 0 Å². The van der Waals surface area contributed by atoms with Crippen LogP contribution in [0.2, 0.25) is 0 Å². The van der Waals surface area contributed by atoms with Crippen LogP contribution in [-0.4, -0.2) is 34.2 Å². The summed E-state index contributed by atoms with van der Waals surface area (Å²) in [6.07, 6.45) is 7.46. The molecule has 5 unspecified atom stereocenters. The highest BCUT2D eigenvalue weighted by Crippen LogP contribution is 2.38. The molecule has 3 N–H and O–H groups in total. The molecule has 1 saturated heterocycles. The van der Waals surface area contributed by atoms with Gasteiger partial charge in [0.05, 0.1) is 11.8 Å². The fourth-order valence-corrected chi connectivity index (χ4v) is 3.37. The molecule has 2 heterocycles. The fraction of sp³-hybridized carbons (Fsp3) is 0.294. The molecule has 3 aliphatic rings. The Labute approximate surface area is 128 Å². The molecule has 0 aromatic heterocycles. The van der Waals surface area contributed by atoms with E-state index in [0.29, 0.717) is 0 Å². The molecule has 22 heavy (non-hydrogen) atoms. The summed E-state index contributed by atoms with van der Waals surface area (Å²) in [5.41, 5.74) is 1.02. The van der Waals surface area contributed by atoms with E-state index < -0.39 is 29.8 Å². The van der Waals surface area contributed by atoms with E-state index in [1.807, 2.05) is 48.6 Å². The van der Waals surface area contributed by atoms with Gasteiger partial charge in [-0.25, -0.2) is 0 Å². The number of nitrogens with one attached hydrogen (secondary N) is 1. The van der Waals surface area contributed by atoms with Crippen LogP contribution in [0.15, 0.2) is 48.6 Å². The molecule has 0 saturated carbocycles. The topological polar surface area (TPSA) is 86.6 Å². The summed E-state index contributed by atoms with van der Waals surface area (Å²) < 4.78 is 0. The number of carboxylic acid groups (broad SMARTS) is 2. The largest absolute Gasteiger partial charge is 0.481 e. The zero-order chi connectivity index (χ0) is 15.7. The van der Waals surface area contributed by atoms with Gasteiger partial charge >= 0.3 is 11.9 Å². The lowest BCUT2D eigenvalue weighted by Gasteiger charge is -2.45. The number of hydrogen-bond acceptors (Lipinski definition) is 3. The summed E-state index contributed by atoms with van der Waals surface area (Å²) in [4.78, 5) is 22.9. The molecule has 1 aromatic rings. The Balaban J connectivity index is 1.85. The van der Waals surface area contributed by atoms with Crippen LogP contribution in [0, 0.1) is 17.8 Å². The van der Waals surface area contributed by atoms with Crippen molar-refractivity contribution in [3.8, 4) is 0 Å². The highest BCUT2D eigenvalue weighted by Gasteiger charge is 2.51. The van der Waals surface area contributed by atoms with Crippen molar-refractivity contribution < 1.29 is 19.8 Å². The minimum atomic E-state index is -1.07. The summed E-state index contributed by atoms with van der Waals surface area (Å²) in [6.45, 7) is 0. The Bertz CT molecular complexity index is 637. The van der Waals surface area contributed by atoms with Crippen molar-refractivity contribution in [1.29, 1.82) is 0 Å². The number of aliphatic carboxylic acids is 2. The first-order valence-corrected chi connectivity index (χ1v) is 7.21. The third-order valence-electron chi connectivity index (χ3n) is 4.39. The van der Waals surface area contributed by atoms with E-state index in [4.69, 9.17) is 0 Å². The Morgan fingerprint density at radius 2 is 1.68 bits per heavy atom. The molecular weight excluding hydrogens is 282 g/mol. The van der Waals surface area contributed by atoms with Crippen molar-refractivity contribution in [2.45, 2.75) is 12.1 Å². The smallest absolute Gasteiger partial charge is 0.309 e. The van der Waals surface area contributed by atoms with Gasteiger partial charge in [-0.15, -0.1) is 0 Å². The molecule has 1 fully saturated rings. The Morgan fingerprint density at radius 3 is 2.32 bits per heavy atom. The van der Waals surface area contributed by atoms with Gasteiger partial charge < -0.3 is 15.5 Å². The van der Waals surface area contributed by atoms with Crippen molar-refractivity contribution in [3.05, 3.63) is 54.1 Å². The Hall–Kier alpha value is -2.40. The highest BCUT2D eigenvalue weighted by molar-refractivity contribution is 5.82. The van der Waals surface area contributed by atoms with E-state index in [1.54, 1.807) is 6.08 Å². The molecule has 0 radical (unpaired) electrons. The van der Waals surface area contributed by atoms with Crippen molar-refractivity contribution in [1.82, 2.24) is 5.32 Å². The maximum absolute atomic E-state index is 11.5. The number of piperidine rings is 1. The van der Waals surface area contributed by atoms with E-state index in [1.165, 1.54) is 0 Å². The maximum Gasteiger partial charge on any atom is 0.309 e. The van der Waals surface area contributed by atoms with Crippen LogP contribution < -0.4 is 5.32 Å². The van der Waals surface area contributed by atoms with Gasteiger partial charge in [0.15, 0.2) is 0 Å². The first kappa shape index (κ1) is 14.5. The predicted molar refractivity (Wildman–Crippen MR) is 81.1 cm³/mol. The van der Waals surface area contributed by atoms with Gasteiger partial charge in [0.1, 0.15) is 0 Å². The molecule has 1 aliphatic carbocycles. The van der Waals surface area contributed by atoms with Crippen LogP contribution in [0.4, 0.5) is 0 Å². The summed E-state index contributed by atoms with van der Waals surface area (Å²) in [7, 11) is 0. The van der Waals surface area contributed by atoms with Gasteiger partial charge in [0.2, 0.25) is 0 Å². The molecule has 0 amide bonds. The molecule has 5 atom stereocenters. The van der Waals surface area contributed by atoms with Crippen LogP contribution in [0.1, 0.15) is 5.56 Å². The predicted octanol–water partition coefficient (Wildman–Crippen LogP) is 1.63. The van der Waals surface area contributed by atoms with E-state index >= 15 is 0 Å². The summed E-state index contributed by atoms with van der Waals surface area (Å²) in [5.74, 6) is -4.30. The van der Waals surface area contributed by atoms with Crippen LogP contribution in [0.3, 0.4) is 0 Å². The monoisotopic (exact) mass is 299 g/mol. The first-order valence-electron chi connectivity index (χ1n) is 7.21. The zero-order valence-corrected chi connectivity index (χ0v) is 11.8. The van der Waals surface area contributed by atoms with Crippen molar-refractivity contribution in [2.75, 3.05) is 0 Å². The molecule has 5 nitrogen and oxygen atoms in total. The normalized spacial score (nSPS) is 33.2. The number of fused-ring (bicyclic) bond motifs is 2. The Kier molecular flexibility index (Phi) is 3.81. The number of hydrogen-bond donors (Lipinski definition) is 3. The van der Waals surface area contributed by atoms with E-state index in [0.717, 1.165) is 5.56 Å². The third-order valence-corrected chi connectivity index (χ3v) is 4.39. The van der Waals surface area contributed by atoms with Crippen LogP contribution in [-0.2, 0) is 9.59 Å². The molecule has 2 bridgehead atoms. The Morgan fingerprint density at radius 1 is 1.00 bits per heavy atom. The van der Waals surface area contributed by atoms with Crippen molar-refractivity contribution >= 4 is 18.0 Å². The fourth-order valence-electron chi connectivity index (χ4n) is 3.37. The molecule has 2 aliphatic heterocycles. The number of carbonyl (C=O) groups is 2. The molecular formula is C17H17NO4. The number of carboxylic acids is 2. The lowest BCUT2D eigenvalue weighted by atomic mass is 9.66. The van der Waals surface area contributed by atoms with Gasteiger partial charge in [0, 0.05) is 18.0 Å². The first-order chi connectivity index (χ1) is 10.6. The highest BCUT2D eigenvalue weighted by atomic mass is 16.4. The van der Waals surface area contributed by atoms with E-state index in [-0.39, 0.29) is 12.0 Å². The minimum Gasteiger partial charge on any atom is -0.481 e. The van der Waals surface area contributed by atoms with Crippen LogP contribution >= 0.6 is 0 Å². The lowest BCUT2D eigenvalue weighted by molar-refractivity contribution is -0.159. The second-order valence-corrected chi connectivity index (χ2v) is 5.68. The van der Waals surface area contributed by atoms with E-state index in [9.17, 15) is 19.8 Å². The maximum atomic E-state index is 11.5. The SMILES string of the molecule is O=C(O)C1C2C=CC(C(/C=C/c3ccccc3)N2)C1C(=O)O. The third kappa shape index (κ3) is 2.55. The van der Waals surface area contributed by atoms with Gasteiger partial charge in [-0.05, 0) is 5.56 Å². The van der Waals surface area contributed by atoms with Gasteiger partial charge in [-0.1, -0.05) is 54.6 Å². The molecule has 4 rings (SSSR count). The zero-order valence-electron chi connectivity index (χ0n) is 11.8.